The third-order valence-corrected chi connectivity index (χ3v) is 3.45. The molecule has 1 unspecified atom stereocenters. The minimum atomic E-state index is 0.200. The van der Waals surface area contributed by atoms with Crippen molar-refractivity contribution in [3.8, 4) is 11.5 Å². The Labute approximate surface area is 120 Å². The molecule has 0 aromatic heterocycles. The van der Waals surface area contributed by atoms with Gasteiger partial charge in [-0.25, -0.2) is 0 Å². The smallest absolute Gasteiger partial charge is 0.123 e. The number of methoxy groups -OCH3 is 1. The molecule has 0 radical (unpaired) electrons. The number of benzene rings is 2. The molecule has 0 saturated heterocycles. The van der Waals surface area contributed by atoms with Crippen molar-refractivity contribution in [3.63, 3.8) is 0 Å². The van der Waals surface area contributed by atoms with Crippen molar-refractivity contribution in [2.45, 2.75) is 25.9 Å². The van der Waals surface area contributed by atoms with Gasteiger partial charge in [0, 0.05) is 23.7 Å². The van der Waals surface area contributed by atoms with Crippen LogP contribution in [0.25, 0.3) is 0 Å². The highest BCUT2D eigenvalue weighted by molar-refractivity contribution is 5.36. The standard InChI is InChI=1S/C17H21NO2/c1-3-15(14-9-5-7-11-17(14)20-2)18-12-13-8-4-6-10-16(13)19/h4-11,15,18-19H,3,12H2,1-2H3. The molecule has 3 nitrogen and oxygen atoms in total. The summed E-state index contributed by atoms with van der Waals surface area (Å²) in [6.07, 6.45) is 0.952. The van der Waals surface area contributed by atoms with E-state index in [1.165, 1.54) is 0 Å². The Balaban J connectivity index is 2.11. The van der Waals surface area contributed by atoms with E-state index in [0.717, 1.165) is 23.3 Å². The predicted molar refractivity (Wildman–Crippen MR) is 81.0 cm³/mol. The van der Waals surface area contributed by atoms with Crippen LogP contribution in [0.1, 0.15) is 30.5 Å². The Hall–Kier alpha value is -2.00. The number of phenols is 1. The van der Waals surface area contributed by atoms with Crippen LogP contribution in [0.4, 0.5) is 0 Å². The molecule has 1 atom stereocenters. The molecule has 0 saturated carbocycles. The Bertz CT molecular complexity index is 554. The van der Waals surface area contributed by atoms with E-state index in [2.05, 4.69) is 18.3 Å². The predicted octanol–water partition coefficient (Wildman–Crippen LogP) is 3.64. The maximum absolute atomic E-state index is 9.80. The molecule has 2 aromatic carbocycles. The highest BCUT2D eigenvalue weighted by Crippen LogP contribution is 2.27. The molecule has 2 N–H and O–H groups in total. The fraction of sp³-hybridized carbons (Fsp3) is 0.294. The van der Waals surface area contributed by atoms with E-state index in [9.17, 15) is 5.11 Å². The first-order valence-electron chi connectivity index (χ1n) is 6.89. The molecule has 0 heterocycles. The summed E-state index contributed by atoms with van der Waals surface area (Å²) in [6.45, 7) is 2.76. The Morgan fingerprint density at radius 1 is 1.10 bits per heavy atom. The van der Waals surface area contributed by atoms with Crippen molar-refractivity contribution in [2.75, 3.05) is 7.11 Å². The molecule has 0 aliphatic heterocycles. The number of hydrogen-bond donors (Lipinski definition) is 2. The molecule has 0 bridgehead atoms. The molecular weight excluding hydrogens is 250 g/mol. The summed E-state index contributed by atoms with van der Waals surface area (Å²) in [5, 5.41) is 13.3. The van der Waals surface area contributed by atoms with E-state index in [1.807, 2.05) is 36.4 Å². The SMILES string of the molecule is CCC(NCc1ccccc1O)c1ccccc1OC. The van der Waals surface area contributed by atoms with Gasteiger partial charge in [-0.2, -0.15) is 0 Å². The van der Waals surface area contributed by atoms with Crippen molar-refractivity contribution in [1.82, 2.24) is 5.32 Å². The second kappa shape index (κ2) is 6.96. The average molecular weight is 271 g/mol. The summed E-state index contributed by atoms with van der Waals surface area (Å²) in [5.41, 5.74) is 2.05. The van der Waals surface area contributed by atoms with Crippen LogP contribution in [0.5, 0.6) is 11.5 Å². The van der Waals surface area contributed by atoms with Crippen molar-refractivity contribution >= 4 is 0 Å². The van der Waals surface area contributed by atoms with Crippen LogP contribution in [0.3, 0.4) is 0 Å². The number of nitrogens with one attached hydrogen (secondary N) is 1. The van der Waals surface area contributed by atoms with Crippen LogP contribution < -0.4 is 10.1 Å². The van der Waals surface area contributed by atoms with E-state index < -0.39 is 0 Å². The average Bonchev–Trinajstić information content (AvgIpc) is 2.50. The molecule has 20 heavy (non-hydrogen) atoms. The van der Waals surface area contributed by atoms with Gasteiger partial charge in [0.05, 0.1) is 7.11 Å². The van der Waals surface area contributed by atoms with Crippen LogP contribution in [-0.4, -0.2) is 12.2 Å². The lowest BCUT2D eigenvalue weighted by Gasteiger charge is -2.20. The van der Waals surface area contributed by atoms with Crippen LogP contribution in [0, 0.1) is 0 Å². The molecule has 106 valence electrons. The van der Waals surface area contributed by atoms with E-state index in [-0.39, 0.29) is 6.04 Å². The Kier molecular flexibility index (Phi) is 5.02. The zero-order valence-corrected chi connectivity index (χ0v) is 12.0. The molecule has 0 aliphatic rings. The molecule has 2 aromatic rings. The number of hydrogen-bond acceptors (Lipinski definition) is 3. The lowest BCUT2D eigenvalue weighted by molar-refractivity contribution is 0.395. The third kappa shape index (κ3) is 3.31. The normalized spacial score (nSPS) is 12.1. The number of rotatable bonds is 6. The van der Waals surface area contributed by atoms with Gasteiger partial charge in [-0.1, -0.05) is 43.3 Å². The molecule has 0 amide bonds. The van der Waals surface area contributed by atoms with Gasteiger partial charge in [0.25, 0.3) is 0 Å². The first-order valence-corrected chi connectivity index (χ1v) is 6.89. The minimum Gasteiger partial charge on any atom is -0.508 e. The maximum Gasteiger partial charge on any atom is 0.123 e. The highest BCUT2D eigenvalue weighted by atomic mass is 16.5. The van der Waals surface area contributed by atoms with E-state index in [1.54, 1.807) is 13.2 Å². The van der Waals surface area contributed by atoms with E-state index in [0.29, 0.717) is 12.3 Å². The maximum atomic E-state index is 9.80. The number of ether oxygens (including phenoxy) is 1. The summed E-state index contributed by atoms with van der Waals surface area (Å²) in [5.74, 6) is 1.22. The van der Waals surface area contributed by atoms with E-state index >= 15 is 0 Å². The van der Waals surface area contributed by atoms with Gasteiger partial charge in [0.2, 0.25) is 0 Å². The largest absolute Gasteiger partial charge is 0.508 e. The van der Waals surface area contributed by atoms with Crippen molar-refractivity contribution in [1.29, 1.82) is 0 Å². The fourth-order valence-corrected chi connectivity index (χ4v) is 2.32. The second-order valence-electron chi connectivity index (χ2n) is 4.71. The van der Waals surface area contributed by atoms with Crippen molar-refractivity contribution in [3.05, 3.63) is 59.7 Å². The quantitative estimate of drug-likeness (QED) is 0.842. The van der Waals surface area contributed by atoms with Gasteiger partial charge in [-0.3, -0.25) is 0 Å². The summed E-state index contributed by atoms with van der Waals surface area (Å²) >= 11 is 0. The van der Waals surface area contributed by atoms with Gasteiger partial charge in [-0.15, -0.1) is 0 Å². The first-order chi connectivity index (χ1) is 9.76. The van der Waals surface area contributed by atoms with Crippen LogP contribution in [0.15, 0.2) is 48.5 Å². The van der Waals surface area contributed by atoms with Gasteiger partial charge in [0.1, 0.15) is 11.5 Å². The zero-order valence-electron chi connectivity index (χ0n) is 12.0. The minimum absolute atomic E-state index is 0.200. The van der Waals surface area contributed by atoms with Gasteiger partial charge in [-0.05, 0) is 18.6 Å². The zero-order chi connectivity index (χ0) is 14.4. The number of phenolic OH excluding ortho intramolecular Hbond substituents is 1. The summed E-state index contributed by atoms with van der Waals surface area (Å²) in [7, 11) is 1.69. The molecule has 0 spiro atoms. The van der Waals surface area contributed by atoms with Gasteiger partial charge < -0.3 is 15.2 Å². The lowest BCUT2D eigenvalue weighted by atomic mass is 10.0. The van der Waals surface area contributed by atoms with Gasteiger partial charge in [0.15, 0.2) is 0 Å². The molecule has 0 aliphatic carbocycles. The first kappa shape index (κ1) is 14.4. The number of aromatic hydroxyl groups is 1. The second-order valence-corrected chi connectivity index (χ2v) is 4.71. The summed E-state index contributed by atoms with van der Waals surface area (Å²) in [4.78, 5) is 0. The Morgan fingerprint density at radius 2 is 1.80 bits per heavy atom. The van der Waals surface area contributed by atoms with Crippen LogP contribution >= 0.6 is 0 Å². The molecule has 2 rings (SSSR count). The topological polar surface area (TPSA) is 41.5 Å². The number of para-hydroxylation sites is 2. The summed E-state index contributed by atoms with van der Waals surface area (Å²) < 4.78 is 5.41. The van der Waals surface area contributed by atoms with Crippen molar-refractivity contribution < 1.29 is 9.84 Å². The lowest BCUT2D eigenvalue weighted by Crippen LogP contribution is -2.20. The van der Waals surface area contributed by atoms with E-state index in [4.69, 9.17) is 4.74 Å². The fourth-order valence-electron chi connectivity index (χ4n) is 2.32. The van der Waals surface area contributed by atoms with Crippen LogP contribution in [0.2, 0.25) is 0 Å². The Morgan fingerprint density at radius 3 is 2.50 bits per heavy atom. The van der Waals surface area contributed by atoms with Crippen molar-refractivity contribution in [2.24, 2.45) is 0 Å². The third-order valence-electron chi connectivity index (χ3n) is 3.45. The molecule has 0 fully saturated rings. The summed E-state index contributed by atoms with van der Waals surface area (Å²) in [6, 6.07) is 15.6. The molecule has 3 heteroatoms. The van der Waals surface area contributed by atoms with Crippen LogP contribution in [-0.2, 0) is 6.54 Å². The highest BCUT2D eigenvalue weighted by Gasteiger charge is 2.13. The molecular formula is C17H21NO2. The van der Waals surface area contributed by atoms with Gasteiger partial charge >= 0.3 is 0 Å². The monoisotopic (exact) mass is 271 g/mol.